The zero-order chi connectivity index (χ0) is 14.1. The first kappa shape index (κ1) is 13.0. The van der Waals surface area contributed by atoms with Crippen LogP contribution in [0.15, 0.2) is 36.4 Å². The van der Waals surface area contributed by atoms with Crippen molar-refractivity contribution >= 4 is 0 Å². The number of para-hydroxylation sites is 1. The van der Waals surface area contributed by atoms with Gasteiger partial charge in [0.1, 0.15) is 11.5 Å². The number of aryl methyl sites for hydroxylation is 1. The van der Waals surface area contributed by atoms with E-state index in [9.17, 15) is 0 Å². The summed E-state index contributed by atoms with van der Waals surface area (Å²) in [7, 11) is 1.68. The number of hydrogen-bond donors (Lipinski definition) is 1. The molecule has 1 heterocycles. The number of fused-ring (bicyclic) bond motifs is 1. The van der Waals surface area contributed by atoms with Gasteiger partial charge in [-0.05, 0) is 24.1 Å². The van der Waals surface area contributed by atoms with Crippen LogP contribution in [0.25, 0.3) is 0 Å². The van der Waals surface area contributed by atoms with Crippen LogP contribution >= 0.6 is 0 Å². The number of ether oxygens (including phenoxy) is 2. The Morgan fingerprint density at radius 2 is 2.05 bits per heavy atom. The van der Waals surface area contributed by atoms with E-state index < -0.39 is 0 Å². The summed E-state index contributed by atoms with van der Waals surface area (Å²) in [6, 6.07) is 12.1. The largest absolute Gasteiger partial charge is 0.496 e. The van der Waals surface area contributed by atoms with Gasteiger partial charge in [0.05, 0.1) is 19.8 Å². The molecular formula is C17H19NO2. The second kappa shape index (κ2) is 5.17. The number of methoxy groups -OCH3 is 1. The van der Waals surface area contributed by atoms with E-state index in [-0.39, 0.29) is 6.04 Å². The van der Waals surface area contributed by atoms with Crippen LogP contribution in [0.5, 0.6) is 11.5 Å². The molecular weight excluding hydrogens is 250 g/mol. The number of benzene rings is 2. The standard InChI is InChI=1S/C17H19NO2/c1-11-6-7-13(15(10-11)19-2)16(18)14-5-3-4-12-8-9-20-17(12)14/h3-7,10,16H,8-9,18H2,1-2H3. The Morgan fingerprint density at radius 3 is 2.85 bits per heavy atom. The van der Waals surface area contributed by atoms with Gasteiger partial charge in [-0.3, -0.25) is 0 Å². The van der Waals surface area contributed by atoms with Crippen molar-refractivity contribution in [2.24, 2.45) is 5.73 Å². The van der Waals surface area contributed by atoms with Gasteiger partial charge in [0.25, 0.3) is 0 Å². The maximum atomic E-state index is 6.46. The van der Waals surface area contributed by atoms with E-state index in [1.165, 1.54) is 5.56 Å². The quantitative estimate of drug-likeness (QED) is 0.931. The fraction of sp³-hybridized carbons (Fsp3) is 0.294. The Morgan fingerprint density at radius 1 is 1.20 bits per heavy atom. The number of hydrogen-bond acceptors (Lipinski definition) is 3. The van der Waals surface area contributed by atoms with E-state index in [1.807, 2.05) is 31.2 Å². The molecule has 3 heteroatoms. The maximum Gasteiger partial charge on any atom is 0.127 e. The minimum absolute atomic E-state index is 0.237. The lowest BCUT2D eigenvalue weighted by Crippen LogP contribution is -2.14. The molecule has 0 fully saturated rings. The molecule has 2 N–H and O–H groups in total. The molecule has 20 heavy (non-hydrogen) atoms. The SMILES string of the molecule is COc1cc(C)ccc1C(N)c1cccc2c1OCC2. The zero-order valence-electron chi connectivity index (χ0n) is 11.8. The summed E-state index contributed by atoms with van der Waals surface area (Å²) in [5.74, 6) is 1.77. The van der Waals surface area contributed by atoms with Crippen molar-refractivity contribution in [3.63, 3.8) is 0 Å². The van der Waals surface area contributed by atoms with E-state index in [4.69, 9.17) is 15.2 Å². The van der Waals surface area contributed by atoms with Crippen LogP contribution in [0.4, 0.5) is 0 Å². The van der Waals surface area contributed by atoms with Gasteiger partial charge in [0.2, 0.25) is 0 Å². The Hall–Kier alpha value is -2.00. The smallest absolute Gasteiger partial charge is 0.127 e. The van der Waals surface area contributed by atoms with Crippen LogP contribution in [0, 0.1) is 6.92 Å². The Labute approximate surface area is 119 Å². The Balaban J connectivity index is 2.05. The molecule has 104 valence electrons. The molecule has 0 saturated heterocycles. The van der Waals surface area contributed by atoms with Gasteiger partial charge >= 0.3 is 0 Å². The van der Waals surface area contributed by atoms with Crippen LogP contribution < -0.4 is 15.2 Å². The maximum absolute atomic E-state index is 6.46. The molecule has 2 aromatic carbocycles. The monoisotopic (exact) mass is 269 g/mol. The van der Waals surface area contributed by atoms with Crippen molar-refractivity contribution in [1.82, 2.24) is 0 Å². The van der Waals surface area contributed by atoms with Gasteiger partial charge in [-0.15, -0.1) is 0 Å². The molecule has 1 aliphatic heterocycles. The summed E-state index contributed by atoms with van der Waals surface area (Å²) in [6.07, 6.45) is 0.959. The highest BCUT2D eigenvalue weighted by atomic mass is 16.5. The zero-order valence-corrected chi connectivity index (χ0v) is 11.8. The molecule has 3 nitrogen and oxygen atoms in total. The first-order valence-electron chi connectivity index (χ1n) is 6.85. The van der Waals surface area contributed by atoms with Gasteiger partial charge in [0.15, 0.2) is 0 Å². The van der Waals surface area contributed by atoms with Crippen LogP contribution in [-0.2, 0) is 6.42 Å². The molecule has 0 amide bonds. The predicted molar refractivity (Wildman–Crippen MR) is 79.4 cm³/mol. The minimum Gasteiger partial charge on any atom is -0.496 e. The summed E-state index contributed by atoms with van der Waals surface area (Å²) in [5.41, 5.74) is 10.9. The lowest BCUT2D eigenvalue weighted by atomic mass is 9.95. The first-order valence-corrected chi connectivity index (χ1v) is 6.85. The lowest BCUT2D eigenvalue weighted by molar-refractivity contribution is 0.352. The summed E-state index contributed by atoms with van der Waals surface area (Å²) >= 11 is 0. The summed E-state index contributed by atoms with van der Waals surface area (Å²) < 4.78 is 11.2. The van der Waals surface area contributed by atoms with Gasteiger partial charge in [-0.2, -0.15) is 0 Å². The van der Waals surface area contributed by atoms with Crippen LogP contribution in [0.3, 0.4) is 0 Å². The van der Waals surface area contributed by atoms with E-state index in [0.29, 0.717) is 0 Å². The number of nitrogens with two attached hydrogens (primary N) is 1. The van der Waals surface area contributed by atoms with Gasteiger partial charge in [-0.25, -0.2) is 0 Å². The Bertz CT molecular complexity index is 637. The average Bonchev–Trinajstić information content (AvgIpc) is 2.94. The van der Waals surface area contributed by atoms with Gasteiger partial charge in [-0.1, -0.05) is 30.3 Å². The molecule has 0 saturated carbocycles. The van der Waals surface area contributed by atoms with Crippen molar-refractivity contribution in [2.75, 3.05) is 13.7 Å². The third kappa shape index (κ3) is 2.14. The normalized spacial score (nSPS) is 14.6. The molecule has 1 atom stereocenters. The van der Waals surface area contributed by atoms with Crippen molar-refractivity contribution in [3.05, 3.63) is 58.7 Å². The fourth-order valence-corrected chi connectivity index (χ4v) is 2.73. The molecule has 0 aliphatic carbocycles. The van der Waals surface area contributed by atoms with E-state index >= 15 is 0 Å². The molecule has 0 spiro atoms. The second-order valence-electron chi connectivity index (χ2n) is 5.16. The minimum atomic E-state index is -0.237. The van der Waals surface area contributed by atoms with Crippen molar-refractivity contribution in [1.29, 1.82) is 0 Å². The van der Waals surface area contributed by atoms with Gasteiger partial charge < -0.3 is 15.2 Å². The lowest BCUT2D eigenvalue weighted by Gasteiger charge is -2.19. The summed E-state index contributed by atoms with van der Waals surface area (Å²) in [6.45, 7) is 2.78. The predicted octanol–water partition coefficient (Wildman–Crippen LogP) is 2.99. The summed E-state index contributed by atoms with van der Waals surface area (Å²) in [5, 5.41) is 0. The molecule has 2 aromatic rings. The van der Waals surface area contributed by atoms with E-state index in [2.05, 4.69) is 12.1 Å². The molecule has 0 aromatic heterocycles. The third-order valence-corrected chi connectivity index (χ3v) is 3.80. The van der Waals surface area contributed by atoms with E-state index in [1.54, 1.807) is 7.11 Å². The summed E-state index contributed by atoms with van der Waals surface area (Å²) in [4.78, 5) is 0. The Kier molecular flexibility index (Phi) is 3.36. The first-order chi connectivity index (χ1) is 9.70. The third-order valence-electron chi connectivity index (χ3n) is 3.80. The van der Waals surface area contributed by atoms with Crippen molar-refractivity contribution < 1.29 is 9.47 Å². The average molecular weight is 269 g/mol. The van der Waals surface area contributed by atoms with E-state index in [0.717, 1.165) is 41.2 Å². The second-order valence-corrected chi connectivity index (χ2v) is 5.16. The highest BCUT2D eigenvalue weighted by molar-refractivity contribution is 5.51. The molecule has 0 bridgehead atoms. The number of rotatable bonds is 3. The molecule has 0 radical (unpaired) electrons. The molecule has 3 rings (SSSR count). The topological polar surface area (TPSA) is 44.5 Å². The van der Waals surface area contributed by atoms with Crippen molar-refractivity contribution in [2.45, 2.75) is 19.4 Å². The molecule has 1 aliphatic rings. The molecule has 1 unspecified atom stereocenters. The van der Waals surface area contributed by atoms with Crippen LogP contribution in [0.1, 0.15) is 28.3 Å². The van der Waals surface area contributed by atoms with Crippen molar-refractivity contribution in [3.8, 4) is 11.5 Å². The van der Waals surface area contributed by atoms with Crippen LogP contribution in [-0.4, -0.2) is 13.7 Å². The fourth-order valence-electron chi connectivity index (χ4n) is 2.73. The van der Waals surface area contributed by atoms with Crippen LogP contribution in [0.2, 0.25) is 0 Å². The van der Waals surface area contributed by atoms with Gasteiger partial charge in [0, 0.05) is 17.5 Å². The highest BCUT2D eigenvalue weighted by Gasteiger charge is 2.22. The highest BCUT2D eigenvalue weighted by Crippen LogP contribution is 2.37.